The molecule has 1 saturated heterocycles. The predicted molar refractivity (Wildman–Crippen MR) is 118 cm³/mol. The van der Waals surface area contributed by atoms with E-state index in [0.29, 0.717) is 0 Å². The monoisotopic (exact) mass is 479 g/mol. The minimum absolute atomic E-state index is 0. The lowest BCUT2D eigenvalue weighted by Crippen LogP contribution is -2.48. The zero-order valence-electron chi connectivity index (χ0n) is 15.3. The molecule has 0 unspecified atom stereocenters. The summed E-state index contributed by atoms with van der Waals surface area (Å²) in [5.74, 6) is 1.76. The van der Waals surface area contributed by atoms with Crippen molar-refractivity contribution in [2.45, 2.75) is 24.0 Å². The van der Waals surface area contributed by atoms with Gasteiger partial charge in [-0.05, 0) is 43.2 Å². The number of guanidine groups is 1. The molecule has 0 atom stereocenters. The standard InChI is InChI=1S/C18H29N3O2S.HI/c1-19-17(21-14-18(24-3)9-12-23-13-10-18)20-11-8-15-4-6-16(22-2)7-5-15;/h4-7H,8-14H2,1-3H3,(H2,19,20,21);1H. The number of methoxy groups -OCH3 is 1. The van der Waals surface area contributed by atoms with Crippen molar-refractivity contribution in [2.24, 2.45) is 4.99 Å². The van der Waals surface area contributed by atoms with Gasteiger partial charge in [0.15, 0.2) is 5.96 Å². The Kier molecular flexibility index (Phi) is 10.6. The average Bonchev–Trinajstić information content (AvgIpc) is 2.65. The summed E-state index contributed by atoms with van der Waals surface area (Å²) in [6.07, 6.45) is 5.31. The van der Waals surface area contributed by atoms with Gasteiger partial charge in [-0.2, -0.15) is 11.8 Å². The van der Waals surface area contributed by atoms with Gasteiger partial charge >= 0.3 is 0 Å². The number of aliphatic imine (C=N–C) groups is 1. The first kappa shape index (κ1) is 22.4. The molecule has 2 rings (SSSR count). The van der Waals surface area contributed by atoms with Gasteiger partial charge < -0.3 is 20.1 Å². The number of thioether (sulfide) groups is 1. The fourth-order valence-corrected chi connectivity index (χ4v) is 3.57. The Morgan fingerprint density at radius 2 is 1.92 bits per heavy atom. The number of ether oxygens (including phenoxy) is 2. The third kappa shape index (κ3) is 7.22. The summed E-state index contributed by atoms with van der Waals surface area (Å²) in [6, 6.07) is 8.19. The van der Waals surface area contributed by atoms with Crippen LogP contribution in [0, 0.1) is 0 Å². The number of rotatable bonds is 7. The molecule has 5 nitrogen and oxygen atoms in total. The molecule has 7 heteroatoms. The number of hydrogen-bond acceptors (Lipinski definition) is 4. The van der Waals surface area contributed by atoms with Crippen molar-refractivity contribution in [3.63, 3.8) is 0 Å². The molecule has 0 aliphatic carbocycles. The predicted octanol–water partition coefficient (Wildman–Crippen LogP) is 2.93. The molecule has 0 radical (unpaired) electrons. The first-order chi connectivity index (χ1) is 11.7. The second-order valence-electron chi connectivity index (χ2n) is 5.95. The Labute approximate surface area is 172 Å². The maximum atomic E-state index is 5.49. The molecule has 2 N–H and O–H groups in total. The SMILES string of the molecule is CN=C(NCCc1ccc(OC)cc1)NCC1(SC)CCOCC1.I. The Bertz CT molecular complexity index is 520. The van der Waals surface area contributed by atoms with Crippen molar-refractivity contribution >= 4 is 41.7 Å². The van der Waals surface area contributed by atoms with Crippen LogP contribution in [0.2, 0.25) is 0 Å². The second kappa shape index (κ2) is 11.9. The number of halogens is 1. The largest absolute Gasteiger partial charge is 0.497 e. The lowest BCUT2D eigenvalue weighted by atomic mass is 9.99. The topological polar surface area (TPSA) is 54.9 Å². The summed E-state index contributed by atoms with van der Waals surface area (Å²) < 4.78 is 10.9. The van der Waals surface area contributed by atoms with E-state index in [4.69, 9.17) is 9.47 Å². The van der Waals surface area contributed by atoms with Crippen molar-refractivity contribution in [1.82, 2.24) is 10.6 Å². The van der Waals surface area contributed by atoms with Gasteiger partial charge in [0.05, 0.1) is 7.11 Å². The van der Waals surface area contributed by atoms with E-state index < -0.39 is 0 Å². The Balaban J connectivity index is 0.00000312. The first-order valence-corrected chi connectivity index (χ1v) is 9.64. The number of hydrogen-bond donors (Lipinski definition) is 2. The second-order valence-corrected chi connectivity index (χ2v) is 7.22. The molecule has 0 spiro atoms. The van der Waals surface area contributed by atoms with Gasteiger partial charge in [-0.25, -0.2) is 0 Å². The highest BCUT2D eigenvalue weighted by Gasteiger charge is 2.31. The van der Waals surface area contributed by atoms with Crippen LogP contribution >= 0.6 is 35.7 Å². The van der Waals surface area contributed by atoms with Gasteiger partial charge in [-0.15, -0.1) is 24.0 Å². The molecule has 0 amide bonds. The zero-order valence-corrected chi connectivity index (χ0v) is 18.5. The van der Waals surface area contributed by atoms with Crippen LogP contribution in [0.3, 0.4) is 0 Å². The highest BCUT2D eigenvalue weighted by atomic mass is 127. The molecular formula is C18H30IN3O2S. The molecule has 1 aliphatic rings. The molecule has 0 saturated carbocycles. The molecule has 25 heavy (non-hydrogen) atoms. The average molecular weight is 479 g/mol. The van der Waals surface area contributed by atoms with Crippen LogP contribution in [0.5, 0.6) is 5.75 Å². The number of nitrogens with one attached hydrogen (secondary N) is 2. The van der Waals surface area contributed by atoms with E-state index in [1.54, 1.807) is 7.11 Å². The summed E-state index contributed by atoms with van der Waals surface area (Å²) in [7, 11) is 3.50. The van der Waals surface area contributed by atoms with E-state index in [1.165, 1.54) is 5.56 Å². The molecule has 1 fully saturated rings. The van der Waals surface area contributed by atoms with E-state index in [-0.39, 0.29) is 28.7 Å². The maximum Gasteiger partial charge on any atom is 0.191 e. The van der Waals surface area contributed by atoms with Crippen LogP contribution in [0.4, 0.5) is 0 Å². The van der Waals surface area contributed by atoms with E-state index in [0.717, 1.165) is 57.3 Å². The minimum Gasteiger partial charge on any atom is -0.497 e. The molecule has 1 heterocycles. The summed E-state index contributed by atoms with van der Waals surface area (Å²) >= 11 is 1.93. The minimum atomic E-state index is 0. The Hall–Kier alpha value is -0.670. The fourth-order valence-electron chi connectivity index (χ4n) is 2.78. The van der Waals surface area contributed by atoms with Gasteiger partial charge in [0.25, 0.3) is 0 Å². The lowest BCUT2D eigenvalue weighted by Gasteiger charge is -2.36. The summed E-state index contributed by atoms with van der Waals surface area (Å²) in [4.78, 5) is 4.33. The van der Waals surface area contributed by atoms with E-state index in [2.05, 4.69) is 34.0 Å². The van der Waals surface area contributed by atoms with Crippen molar-refractivity contribution in [3.05, 3.63) is 29.8 Å². The highest BCUT2D eigenvalue weighted by Crippen LogP contribution is 2.32. The zero-order chi connectivity index (χ0) is 17.3. The van der Waals surface area contributed by atoms with Crippen LogP contribution in [-0.2, 0) is 11.2 Å². The third-order valence-corrected chi connectivity index (χ3v) is 5.92. The summed E-state index contributed by atoms with van der Waals surface area (Å²) in [6.45, 7) is 3.47. The van der Waals surface area contributed by atoms with Crippen molar-refractivity contribution in [1.29, 1.82) is 0 Å². The smallest absolute Gasteiger partial charge is 0.191 e. The third-order valence-electron chi connectivity index (χ3n) is 4.50. The Morgan fingerprint density at radius 3 is 2.48 bits per heavy atom. The van der Waals surface area contributed by atoms with E-state index in [1.807, 2.05) is 30.9 Å². The molecule has 1 aromatic carbocycles. The molecule has 0 bridgehead atoms. The van der Waals surface area contributed by atoms with Gasteiger partial charge in [-0.1, -0.05) is 12.1 Å². The number of benzene rings is 1. The van der Waals surface area contributed by atoms with Crippen LogP contribution in [0.15, 0.2) is 29.3 Å². The lowest BCUT2D eigenvalue weighted by molar-refractivity contribution is 0.0783. The van der Waals surface area contributed by atoms with Gasteiger partial charge in [0.1, 0.15) is 5.75 Å². The molecule has 0 aromatic heterocycles. The first-order valence-electron chi connectivity index (χ1n) is 8.42. The van der Waals surface area contributed by atoms with Crippen molar-refractivity contribution in [3.8, 4) is 5.75 Å². The van der Waals surface area contributed by atoms with Crippen LogP contribution in [-0.4, -0.2) is 57.4 Å². The van der Waals surface area contributed by atoms with Crippen LogP contribution < -0.4 is 15.4 Å². The molecule has 1 aromatic rings. The van der Waals surface area contributed by atoms with Crippen molar-refractivity contribution in [2.75, 3.05) is 46.7 Å². The van der Waals surface area contributed by atoms with Gasteiger partial charge in [0.2, 0.25) is 0 Å². The van der Waals surface area contributed by atoms with Crippen LogP contribution in [0.25, 0.3) is 0 Å². The fraction of sp³-hybridized carbons (Fsp3) is 0.611. The quantitative estimate of drug-likeness (QED) is 0.358. The van der Waals surface area contributed by atoms with Gasteiger partial charge in [0, 0.05) is 38.1 Å². The van der Waals surface area contributed by atoms with E-state index in [9.17, 15) is 0 Å². The molecular weight excluding hydrogens is 449 g/mol. The highest BCUT2D eigenvalue weighted by molar-refractivity contribution is 14.0. The maximum absolute atomic E-state index is 5.49. The molecule has 1 aliphatic heterocycles. The van der Waals surface area contributed by atoms with E-state index >= 15 is 0 Å². The number of nitrogens with zero attached hydrogens (tertiary/aromatic N) is 1. The van der Waals surface area contributed by atoms with Gasteiger partial charge in [-0.3, -0.25) is 4.99 Å². The Morgan fingerprint density at radius 1 is 1.24 bits per heavy atom. The normalized spacial score (nSPS) is 16.7. The van der Waals surface area contributed by atoms with Crippen molar-refractivity contribution < 1.29 is 9.47 Å². The summed E-state index contributed by atoms with van der Waals surface area (Å²) in [5.41, 5.74) is 1.28. The summed E-state index contributed by atoms with van der Waals surface area (Å²) in [5, 5.41) is 6.87. The van der Waals surface area contributed by atoms with Crippen LogP contribution in [0.1, 0.15) is 18.4 Å². The molecule has 142 valence electrons.